The van der Waals surface area contributed by atoms with E-state index in [9.17, 15) is 27.9 Å². The van der Waals surface area contributed by atoms with Crippen molar-refractivity contribution < 1.29 is 32.7 Å². The fraction of sp³-hybridized carbons (Fsp3) is 0.211. The number of carboxylic acid groups (broad SMARTS) is 1. The van der Waals surface area contributed by atoms with Crippen LogP contribution < -0.4 is 11.1 Å². The SMILES string of the molecule is CO/N=C(\C(=O)N[C@H]1CN2CC(S(=O)(=O)c3ccccc3)=C(C(=O)O)N2C1=O)c1csc(N)n1. The highest BCUT2D eigenvalue weighted by molar-refractivity contribution is 7.95. The number of thiazole rings is 1. The van der Waals surface area contributed by atoms with Gasteiger partial charge in [-0.15, -0.1) is 11.3 Å². The number of hydrazine groups is 1. The molecule has 15 heteroatoms. The number of hydrogen-bond acceptors (Lipinski definition) is 11. The molecule has 1 saturated heterocycles. The number of aliphatic carboxylic acids is 1. The van der Waals surface area contributed by atoms with Crippen molar-refractivity contribution in [1.29, 1.82) is 0 Å². The lowest BCUT2D eigenvalue weighted by molar-refractivity contribution is -0.143. The normalized spacial score (nSPS) is 18.9. The first-order valence-electron chi connectivity index (χ1n) is 9.64. The van der Waals surface area contributed by atoms with Gasteiger partial charge in [0.1, 0.15) is 18.8 Å². The summed E-state index contributed by atoms with van der Waals surface area (Å²) < 4.78 is 26.1. The minimum absolute atomic E-state index is 0.0913. The number of sulfone groups is 1. The van der Waals surface area contributed by atoms with Gasteiger partial charge in [0.2, 0.25) is 9.84 Å². The summed E-state index contributed by atoms with van der Waals surface area (Å²) in [6.45, 7) is -0.507. The van der Waals surface area contributed by atoms with Gasteiger partial charge in [-0.2, -0.15) is 0 Å². The van der Waals surface area contributed by atoms with E-state index in [2.05, 4.69) is 15.5 Å². The van der Waals surface area contributed by atoms with E-state index < -0.39 is 44.3 Å². The van der Waals surface area contributed by atoms with E-state index in [0.29, 0.717) is 0 Å². The highest BCUT2D eigenvalue weighted by Gasteiger charge is 2.51. The number of anilines is 1. The molecule has 0 unspecified atom stereocenters. The highest BCUT2D eigenvalue weighted by atomic mass is 32.2. The third-order valence-corrected chi connectivity index (χ3v) is 7.57. The first-order chi connectivity index (χ1) is 16.1. The molecule has 34 heavy (non-hydrogen) atoms. The van der Waals surface area contributed by atoms with Gasteiger partial charge >= 0.3 is 5.97 Å². The lowest BCUT2D eigenvalue weighted by Gasteiger charge is -2.18. The Balaban J connectivity index is 1.61. The van der Waals surface area contributed by atoms with Crippen molar-refractivity contribution >= 4 is 49.8 Å². The molecule has 0 spiro atoms. The number of carbonyl (C=O) groups excluding carboxylic acids is 2. The predicted octanol–water partition coefficient (Wildman–Crippen LogP) is -0.596. The number of hydrogen-bond donors (Lipinski definition) is 3. The van der Waals surface area contributed by atoms with Crippen molar-refractivity contribution in [3.63, 3.8) is 0 Å². The third kappa shape index (κ3) is 4.00. The first-order valence-corrected chi connectivity index (χ1v) is 12.0. The van der Waals surface area contributed by atoms with E-state index in [0.717, 1.165) is 16.3 Å². The van der Waals surface area contributed by atoms with E-state index in [4.69, 9.17) is 10.6 Å². The molecule has 2 aliphatic rings. The van der Waals surface area contributed by atoms with Gasteiger partial charge in [-0.05, 0) is 12.1 Å². The number of nitrogens with one attached hydrogen (secondary N) is 1. The average Bonchev–Trinajstić information content (AvgIpc) is 3.48. The topological polar surface area (TPSA) is 185 Å². The number of benzene rings is 1. The van der Waals surface area contributed by atoms with Crippen LogP contribution in [0.1, 0.15) is 5.69 Å². The summed E-state index contributed by atoms with van der Waals surface area (Å²) in [6.07, 6.45) is 0. The fourth-order valence-corrected chi connectivity index (χ4v) is 5.69. The standard InChI is InChI=1S/C19H18N6O7S2/c1-32-23-14(12-9-33-19(20)22-12)16(26)21-11-7-24-8-13(15(18(28)29)25(24)17(11)27)34(30,31)10-5-3-2-4-6-10/h2-6,9,11H,7-8H2,1H3,(H2,20,22)(H,21,26)(H,28,29)/b23-14-/t11-/m0/s1. The van der Waals surface area contributed by atoms with Crippen molar-refractivity contribution in [3.05, 3.63) is 52.0 Å². The van der Waals surface area contributed by atoms with Crippen LogP contribution in [0.2, 0.25) is 0 Å². The first kappa shape index (κ1) is 23.3. The zero-order valence-corrected chi connectivity index (χ0v) is 19.2. The summed E-state index contributed by atoms with van der Waals surface area (Å²) in [4.78, 5) is 46.0. The molecule has 0 radical (unpaired) electrons. The predicted molar refractivity (Wildman–Crippen MR) is 119 cm³/mol. The Morgan fingerprint density at radius 1 is 1.32 bits per heavy atom. The van der Waals surface area contributed by atoms with Crippen LogP contribution in [0.15, 0.2) is 56.4 Å². The molecule has 0 bridgehead atoms. The monoisotopic (exact) mass is 506 g/mol. The van der Waals surface area contributed by atoms with Crippen molar-refractivity contribution in [1.82, 2.24) is 20.3 Å². The fourth-order valence-electron chi connectivity index (χ4n) is 3.59. The molecule has 1 aromatic heterocycles. The summed E-state index contributed by atoms with van der Waals surface area (Å²) >= 11 is 1.08. The number of carboxylic acids is 1. The number of amides is 2. The summed E-state index contributed by atoms with van der Waals surface area (Å²) in [6, 6.07) is 6.16. The summed E-state index contributed by atoms with van der Waals surface area (Å²) in [7, 11) is -2.95. The molecule has 1 atom stereocenters. The van der Waals surface area contributed by atoms with Crippen LogP contribution in [-0.2, 0) is 29.1 Å². The Morgan fingerprint density at radius 3 is 2.62 bits per heavy atom. The second-order valence-electron chi connectivity index (χ2n) is 7.11. The maximum Gasteiger partial charge on any atom is 0.355 e. The van der Waals surface area contributed by atoms with Crippen LogP contribution in [0, 0.1) is 0 Å². The molecule has 13 nitrogen and oxygen atoms in total. The second kappa shape index (κ2) is 8.85. The molecule has 2 aliphatic heterocycles. The number of oxime groups is 1. The van der Waals surface area contributed by atoms with Crippen LogP contribution in [0.25, 0.3) is 0 Å². The maximum absolute atomic E-state index is 13.1. The lowest BCUT2D eigenvalue weighted by Crippen LogP contribution is -2.46. The largest absolute Gasteiger partial charge is 0.476 e. The molecule has 4 rings (SSSR count). The van der Waals surface area contributed by atoms with E-state index in [-0.39, 0.29) is 34.5 Å². The molecular formula is C19H18N6O7S2. The molecule has 2 amide bonds. The maximum atomic E-state index is 13.1. The zero-order valence-electron chi connectivity index (χ0n) is 17.5. The van der Waals surface area contributed by atoms with Crippen molar-refractivity contribution in [2.45, 2.75) is 10.9 Å². The number of nitrogens with two attached hydrogens (primary N) is 1. The van der Waals surface area contributed by atoms with Gasteiger partial charge in [0, 0.05) is 11.9 Å². The van der Waals surface area contributed by atoms with Gasteiger partial charge in [-0.25, -0.2) is 28.2 Å². The van der Waals surface area contributed by atoms with E-state index >= 15 is 0 Å². The van der Waals surface area contributed by atoms with Crippen LogP contribution >= 0.6 is 11.3 Å². The third-order valence-electron chi connectivity index (χ3n) is 5.03. The van der Waals surface area contributed by atoms with Gasteiger partial charge in [0.15, 0.2) is 16.5 Å². The Hall–Kier alpha value is -3.82. The number of nitrogen functional groups attached to an aromatic ring is 1. The van der Waals surface area contributed by atoms with Crippen molar-refractivity contribution in [3.8, 4) is 0 Å². The number of aromatic nitrogens is 1. The lowest BCUT2D eigenvalue weighted by atomic mass is 10.2. The van der Waals surface area contributed by atoms with Crippen LogP contribution in [0.4, 0.5) is 5.13 Å². The molecule has 4 N–H and O–H groups in total. The molecule has 1 aromatic carbocycles. The Labute approximate surface area is 197 Å². The summed E-state index contributed by atoms with van der Waals surface area (Å²) in [5, 5.41) is 19.6. The van der Waals surface area contributed by atoms with E-state index in [1.54, 1.807) is 6.07 Å². The number of nitrogens with zero attached hydrogens (tertiary/aromatic N) is 4. The van der Waals surface area contributed by atoms with Crippen LogP contribution in [0.5, 0.6) is 0 Å². The van der Waals surface area contributed by atoms with Gasteiger partial charge in [0.25, 0.3) is 11.8 Å². The Bertz CT molecular complexity index is 1340. The van der Waals surface area contributed by atoms with E-state index in [1.165, 1.54) is 41.8 Å². The quantitative estimate of drug-likeness (QED) is 0.324. The summed E-state index contributed by atoms with van der Waals surface area (Å²) in [5.74, 6) is -3.19. The molecule has 0 saturated carbocycles. The number of rotatable bonds is 7. The molecule has 3 heterocycles. The molecule has 178 valence electrons. The van der Waals surface area contributed by atoms with Crippen molar-refractivity contribution in [2.24, 2.45) is 5.16 Å². The number of fused-ring (bicyclic) bond motifs is 1. The van der Waals surface area contributed by atoms with Crippen LogP contribution in [0.3, 0.4) is 0 Å². The zero-order chi connectivity index (χ0) is 24.6. The molecular weight excluding hydrogens is 488 g/mol. The van der Waals surface area contributed by atoms with Gasteiger partial charge in [-0.3, -0.25) is 9.59 Å². The highest BCUT2D eigenvalue weighted by Crippen LogP contribution is 2.34. The Kier molecular flexibility index (Phi) is 6.07. The minimum Gasteiger partial charge on any atom is -0.476 e. The van der Waals surface area contributed by atoms with Gasteiger partial charge < -0.3 is 21.0 Å². The molecule has 1 fully saturated rings. The van der Waals surface area contributed by atoms with Gasteiger partial charge in [-0.1, -0.05) is 23.4 Å². The Morgan fingerprint density at radius 2 is 2.03 bits per heavy atom. The minimum atomic E-state index is -4.17. The average molecular weight is 507 g/mol. The number of carbonyl (C=O) groups is 3. The smallest absolute Gasteiger partial charge is 0.355 e. The molecule has 0 aliphatic carbocycles. The molecule has 2 aromatic rings. The second-order valence-corrected chi connectivity index (χ2v) is 9.97. The van der Waals surface area contributed by atoms with Crippen molar-refractivity contribution in [2.75, 3.05) is 25.9 Å². The van der Waals surface area contributed by atoms with E-state index in [1.807, 2.05) is 0 Å². The van der Waals surface area contributed by atoms with Gasteiger partial charge in [0.05, 0.1) is 16.3 Å². The van der Waals surface area contributed by atoms with Crippen LogP contribution in [-0.4, -0.2) is 78.3 Å². The summed E-state index contributed by atoms with van der Waals surface area (Å²) in [5.41, 5.74) is 4.82.